The second-order valence-electron chi connectivity index (χ2n) is 7.25. The van der Waals surface area contributed by atoms with Crippen LogP contribution in [0, 0.1) is 14.9 Å². The molecule has 1 saturated heterocycles. The van der Waals surface area contributed by atoms with Gasteiger partial charge in [-0.15, -0.1) is 0 Å². The molecule has 0 atom stereocenters. The largest absolute Gasteiger partial charge is 0.488 e. The maximum absolute atomic E-state index is 12.9. The van der Waals surface area contributed by atoms with E-state index in [1.54, 1.807) is 42.5 Å². The van der Waals surface area contributed by atoms with Crippen LogP contribution in [0.4, 0.5) is 4.79 Å². The van der Waals surface area contributed by atoms with E-state index in [9.17, 15) is 14.9 Å². The first-order chi connectivity index (χ1) is 16.4. The van der Waals surface area contributed by atoms with Crippen molar-refractivity contribution < 1.29 is 14.3 Å². The van der Waals surface area contributed by atoms with Gasteiger partial charge in [0.2, 0.25) is 0 Å². The fraction of sp³-hybridized carbons (Fsp3) is 0.0800. The van der Waals surface area contributed by atoms with Gasteiger partial charge in [-0.1, -0.05) is 53.5 Å². The average Bonchev–Trinajstić information content (AvgIpc) is 3.07. The van der Waals surface area contributed by atoms with Crippen molar-refractivity contribution in [3.05, 3.63) is 101 Å². The van der Waals surface area contributed by atoms with E-state index in [-0.39, 0.29) is 24.3 Å². The Morgan fingerprint density at radius 3 is 2.59 bits per heavy atom. The SMILES string of the molecule is N#Cc1ccccc1CN1C(=O)S/C(=C/c2ccc(OCc3ccc(Cl)cc3Cl)c(I)c2)C1=O. The monoisotopic (exact) mass is 620 g/mol. The maximum atomic E-state index is 12.9. The van der Waals surface area contributed by atoms with E-state index in [0.717, 1.165) is 31.4 Å². The van der Waals surface area contributed by atoms with Crippen LogP contribution in [0.5, 0.6) is 5.75 Å². The number of ether oxygens (including phenoxy) is 1. The number of halogens is 3. The van der Waals surface area contributed by atoms with Crippen LogP contribution >= 0.6 is 57.6 Å². The fourth-order valence-corrected chi connectivity index (χ4v) is 5.24. The van der Waals surface area contributed by atoms with E-state index in [0.29, 0.717) is 31.8 Å². The van der Waals surface area contributed by atoms with Crippen molar-refractivity contribution in [3.63, 3.8) is 0 Å². The predicted molar refractivity (Wildman–Crippen MR) is 143 cm³/mol. The topological polar surface area (TPSA) is 70.4 Å². The summed E-state index contributed by atoms with van der Waals surface area (Å²) in [5.74, 6) is 0.292. The van der Waals surface area contributed by atoms with Gasteiger partial charge in [0.05, 0.1) is 26.7 Å². The number of carbonyl (C=O) groups excluding carboxylic acids is 2. The van der Waals surface area contributed by atoms with Gasteiger partial charge in [0, 0.05) is 15.6 Å². The third-order valence-electron chi connectivity index (χ3n) is 4.99. The molecule has 0 N–H and O–H groups in total. The third-order valence-corrected chi connectivity index (χ3v) is 7.33. The van der Waals surface area contributed by atoms with Crippen LogP contribution in [0.2, 0.25) is 10.0 Å². The first-order valence-electron chi connectivity index (χ1n) is 9.95. The third kappa shape index (κ3) is 5.58. The van der Waals surface area contributed by atoms with Gasteiger partial charge < -0.3 is 4.74 Å². The fourth-order valence-electron chi connectivity index (χ4n) is 3.24. The van der Waals surface area contributed by atoms with E-state index in [2.05, 4.69) is 28.7 Å². The summed E-state index contributed by atoms with van der Waals surface area (Å²) >= 11 is 15.2. The number of thioether (sulfide) groups is 1. The first-order valence-corrected chi connectivity index (χ1v) is 12.6. The molecule has 170 valence electrons. The molecular weight excluding hydrogens is 606 g/mol. The molecule has 3 aromatic carbocycles. The molecule has 0 bridgehead atoms. The number of hydrogen-bond donors (Lipinski definition) is 0. The van der Waals surface area contributed by atoms with E-state index in [1.165, 1.54) is 0 Å². The molecule has 2 amide bonds. The molecule has 0 unspecified atom stereocenters. The normalized spacial score (nSPS) is 14.5. The number of hydrogen-bond acceptors (Lipinski definition) is 5. The number of amides is 2. The summed E-state index contributed by atoms with van der Waals surface area (Å²) in [4.78, 5) is 26.8. The van der Waals surface area contributed by atoms with E-state index in [4.69, 9.17) is 27.9 Å². The van der Waals surface area contributed by atoms with Crippen molar-refractivity contribution in [2.75, 3.05) is 0 Å². The standard InChI is InChI=1S/C25H15Cl2IN2O3S/c26-19-7-6-18(20(27)11-19)14-33-22-8-5-15(9-21(22)28)10-23-24(31)30(25(32)34-23)13-17-4-2-1-3-16(17)12-29/h1-11H,13-14H2/b23-10+. The second kappa shape index (κ2) is 10.8. The van der Waals surface area contributed by atoms with Crippen molar-refractivity contribution in [2.45, 2.75) is 13.2 Å². The van der Waals surface area contributed by atoms with Crippen molar-refractivity contribution in [3.8, 4) is 11.8 Å². The summed E-state index contributed by atoms with van der Waals surface area (Å²) in [6.07, 6.45) is 1.68. The molecule has 0 aromatic heterocycles. The molecule has 0 aliphatic carbocycles. The summed E-state index contributed by atoms with van der Waals surface area (Å²) in [6, 6.07) is 19.8. The first kappa shape index (κ1) is 24.6. The molecule has 1 aliphatic rings. The molecule has 9 heteroatoms. The highest BCUT2D eigenvalue weighted by Crippen LogP contribution is 2.34. The molecule has 0 radical (unpaired) electrons. The Morgan fingerprint density at radius 1 is 1.06 bits per heavy atom. The number of benzene rings is 3. The zero-order valence-corrected chi connectivity index (χ0v) is 21.9. The molecule has 1 aliphatic heterocycles. The van der Waals surface area contributed by atoms with Gasteiger partial charge in [-0.2, -0.15) is 5.26 Å². The summed E-state index contributed by atoms with van der Waals surface area (Å²) in [7, 11) is 0. The van der Waals surface area contributed by atoms with Gasteiger partial charge in [-0.25, -0.2) is 0 Å². The van der Waals surface area contributed by atoms with Crippen LogP contribution in [-0.2, 0) is 17.9 Å². The Labute approximate surface area is 224 Å². The second-order valence-corrected chi connectivity index (χ2v) is 10.3. The molecule has 5 nitrogen and oxygen atoms in total. The Balaban J connectivity index is 1.47. The number of imide groups is 1. The Morgan fingerprint density at radius 2 is 1.85 bits per heavy atom. The molecule has 0 spiro atoms. The van der Waals surface area contributed by atoms with E-state index < -0.39 is 0 Å². The highest BCUT2D eigenvalue weighted by Gasteiger charge is 2.35. The lowest BCUT2D eigenvalue weighted by Gasteiger charge is -2.13. The molecule has 1 heterocycles. The van der Waals surface area contributed by atoms with Gasteiger partial charge >= 0.3 is 0 Å². The molecule has 34 heavy (non-hydrogen) atoms. The van der Waals surface area contributed by atoms with Crippen LogP contribution in [0.25, 0.3) is 6.08 Å². The van der Waals surface area contributed by atoms with Crippen molar-refractivity contribution in [1.29, 1.82) is 5.26 Å². The molecule has 0 saturated carbocycles. The maximum Gasteiger partial charge on any atom is 0.293 e. The lowest BCUT2D eigenvalue weighted by Crippen LogP contribution is -2.27. The Kier molecular flexibility index (Phi) is 7.84. The van der Waals surface area contributed by atoms with Crippen LogP contribution in [-0.4, -0.2) is 16.0 Å². The Bertz CT molecular complexity index is 1370. The number of rotatable bonds is 6. The van der Waals surface area contributed by atoms with Gasteiger partial charge in [0.1, 0.15) is 12.4 Å². The summed E-state index contributed by atoms with van der Waals surface area (Å²) < 4.78 is 6.74. The highest BCUT2D eigenvalue weighted by molar-refractivity contribution is 14.1. The average molecular weight is 621 g/mol. The smallest absolute Gasteiger partial charge is 0.293 e. The van der Waals surface area contributed by atoms with Crippen LogP contribution in [0.1, 0.15) is 22.3 Å². The minimum absolute atomic E-state index is 0.0588. The molecule has 3 aromatic rings. The molecule has 1 fully saturated rings. The zero-order valence-electron chi connectivity index (χ0n) is 17.4. The summed E-state index contributed by atoms with van der Waals surface area (Å²) in [5, 5.41) is 10.0. The summed E-state index contributed by atoms with van der Waals surface area (Å²) in [5.41, 5.74) is 2.66. The minimum atomic E-state index is -0.379. The van der Waals surface area contributed by atoms with Crippen molar-refractivity contribution in [1.82, 2.24) is 4.90 Å². The number of nitrogens with zero attached hydrogens (tertiary/aromatic N) is 2. The summed E-state index contributed by atoms with van der Waals surface area (Å²) in [6.45, 7) is 0.345. The van der Waals surface area contributed by atoms with Crippen LogP contribution in [0.15, 0.2) is 65.6 Å². The van der Waals surface area contributed by atoms with Gasteiger partial charge in [-0.05, 0) is 81.9 Å². The van der Waals surface area contributed by atoms with Crippen molar-refractivity contribution in [2.24, 2.45) is 0 Å². The highest BCUT2D eigenvalue weighted by atomic mass is 127. The van der Waals surface area contributed by atoms with Gasteiger partial charge in [0.25, 0.3) is 11.1 Å². The molecule has 4 rings (SSSR count). The van der Waals surface area contributed by atoms with E-state index in [1.807, 2.05) is 24.3 Å². The predicted octanol–water partition coefficient (Wildman–Crippen LogP) is 7.29. The minimum Gasteiger partial charge on any atom is -0.488 e. The number of carbonyl (C=O) groups is 2. The lowest BCUT2D eigenvalue weighted by atomic mass is 10.1. The quantitative estimate of drug-likeness (QED) is 0.214. The van der Waals surface area contributed by atoms with Crippen molar-refractivity contribution >= 4 is 74.8 Å². The van der Waals surface area contributed by atoms with E-state index >= 15 is 0 Å². The van der Waals surface area contributed by atoms with Gasteiger partial charge in [0.15, 0.2) is 0 Å². The zero-order chi connectivity index (χ0) is 24.2. The lowest BCUT2D eigenvalue weighted by molar-refractivity contribution is -0.123. The molecular formula is C25H15Cl2IN2O3S. The van der Waals surface area contributed by atoms with Gasteiger partial charge in [-0.3, -0.25) is 14.5 Å². The Hall–Kier alpha value is -2.51. The van der Waals surface area contributed by atoms with Crippen LogP contribution in [0.3, 0.4) is 0 Å². The van der Waals surface area contributed by atoms with Crippen LogP contribution < -0.4 is 4.74 Å². The number of nitriles is 1.